The molecule has 208 valence electrons. The molecule has 0 fully saturated rings. The van der Waals surface area contributed by atoms with Crippen molar-refractivity contribution in [3.8, 4) is 5.75 Å². The summed E-state index contributed by atoms with van der Waals surface area (Å²) in [4.78, 5) is 28.2. The number of methoxy groups -OCH3 is 1. The predicted octanol–water partition coefficient (Wildman–Crippen LogP) is 5.14. The molecule has 0 saturated heterocycles. The Labute approximate surface area is 239 Å². The van der Waals surface area contributed by atoms with Crippen molar-refractivity contribution in [2.45, 2.75) is 44.3 Å². The van der Waals surface area contributed by atoms with Crippen LogP contribution in [-0.2, 0) is 26.2 Å². The van der Waals surface area contributed by atoms with E-state index in [0.717, 1.165) is 4.31 Å². The lowest BCUT2D eigenvalue weighted by atomic mass is 10.1. The van der Waals surface area contributed by atoms with Crippen molar-refractivity contribution in [1.29, 1.82) is 0 Å². The fraction of sp³-hybridized carbons (Fsp3) is 0.286. The zero-order valence-corrected chi connectivity index (χ0v) is 24.4. The molecule has 39 heavy (non-hydrogen) atoms. The van der Waals surface area contributed by atoms with Crippen LogP contribution in [0.5, 0.6) is 5.75 Å². The third kappa shape index (κ3) is 7.65. The highest BCUT2D eigenvalue weighted by atomic mass is 35.5. The number of carbonyl (C=O) groups is 2. The monoisotopic (exact) mass is 591 g/mol. The smallest absolute Gasteiger partial charge is 0.264 e. The second kappa shape index (κ2) is 13.2. The number of hydrogen-bond acceptors (Lipinski definition) is 5. The number of sulfonamides is 1. The molecule has 0 spiro atoms. The van der Waals surface area contributed by atoms with Crippen LogP contribution >= 0.6 is 23.2 Å². The molecule has 0 aliphatic rings. The summed E-state index contributed by atoms with van der Waals surface area (Å²) in [6.07, 6.45) is 0. The molecule has 3 rings (SSSR count). The fourth-order valence-electron chi connectivity index (χ4n) is 3.84. The highest BCUT2D eigenvalue weighted by molar-refractivity contribution is 7.92. The summed E-state index contributed by atoms with van der Waals surface area (Å²) in [6, 6.07) is 18.1. The molecule has 8 nitrogen and oxygen atoms in total. The molecule has 0 radical (unpaired) electrons. The van der Waals surface area contributed by atoms with Crippen LogP contribution in [0.25, 0.3) is 0 Å². The molecule has 0 aromatic heterocycles. The summed E-state index contributed by atoms with van der Waals surface area (Å²) in [5, 5.41) is 3.46. The third-order valence-electron chi connectivity index (χ3n) is 5.89. The summed E-state index contributed by atoms with van der Waals surface area (Å²) in [6.45, 7) is 4.65. The lowest BCUT2D eigenvalue weighted by Crippen LogP contribution is -2.52. The molecule has 0 heterocycles. The Morgan fingerprint density at radius 3 is 2.23 bits per heavy atom. The number of halogens is 2. The quantitative estimate of drug-likeness (QED) is 0.333. The zero-order chi connectivity index (χ0) is 28.7. The van der Waals surface area contributed by atoms with Gasteiger partial charge in [-0.15, -0.1) is 0 Å². The van der Waals surface area contributed by atoms with E-state index in [-0.39, 0.29) is 29.1 Å². The number of nitrogens with one attached hydrogen (secondary N) is 1. The van der Waals surface area contributed by atoms with E-state index in [4.69, 9.17) is 27.9 Å². The van der Waals surface area contributed by atoms with Crippen molar-refractivity contribution >= 4 is 50.7 Å². The molecular weight excluding hydrogens is 561 g/mol. The van der Waals surface area contributed by atoms with E-state index in [1.165, 1.54) is 30.2 Å². The number of rotatable bonds is 11. The van der Waals surface area contributed by atoms with Gasteiger partial charge in [0.05, 0.1) is 27.7 Å². The first-order valence-electron chi connectivity index (χ1n) is 12.2. The van der Waals surface area contributed by atoms with Gasteiger partial charge in [0.15, 0.2) is 0 Å². The van der Waals surface area contributed by atoms with Crippen LogP contribution in [0.1, 0.15) is 26.3 Å². The van der Waals surface area contributed by atoms with Crippen molar-refractivity contribution in [2.75, 3.05) is 18.0 Å². The van der Waals surface area contributed by atoms with Gasteiger partial charge in [-0.1, -0.05) is 53.5 Å². The molecule has 1 unspecified atom stereocenters. The van der Waals surface area contributed by atoms with Gasteiger partial charge in [-0.25, -0.2) is 8.42 Å². The molecular formula is C28H31Cl2N3O5S. The first-order chi connectivity index (χ1) is 18.4. The minimum absolute atomic E-state index is 0.000258. The number of amides is 2. The molecule has 0 bridgehead atoms. The summed E-state index contributed by atoms with van der Waals surface area (Å²) in [5.41, 5.74) is 0.862. The lowest BCUT2D eigenvalue weighted by molar-refractivity contribution is -0.139. The van der Waals surface area contributed by atoms with Crippen molar-refractivity contribution < 1.29 is 22.7 Å². The Morgan fingerprint density at radius 1 is 0.923 bits per heavy atom. The Kier molecular flexibility index (Phi) is 10.2. The molecule has 0 aliphatic heterocycles. The van der Waals surface area contributed by atoms with Gasteiger partial charge in [0, 0.05) is 18.7 Å². The van der Waals surface area contributed by atoms with Crippen LogP contribution in [-0.4, -0.2) is 50.9 Å². The summed E-state index contributed by atoms with van der Waals surface area (Å²) in [7, 11) is -2.70. The van der Waals surface area contributed by atoms with E-state index in [2.05, 4.69) is 5.32 Å². The number of hydrogen-bond donors (Lipinski definition) is 1. The Morgan fingerprint density at radius 2 is 1.62 bits per heavy atom. The predicted molar refractivity (Wildman–Crippen MR) is 154 cm³/mol. The third-order valence-corrected chi connectivity index (χ3v) is 8.41. The summed E-state index contributed by atoms with van der Waals surface area (Å²) >= 11 is 12.3. The zero-order valence-electron chi connectivity index (χ0n) is 22.1. The molecule has 0 aliphatic carbocycles. The van der Waals surface area contributed by atoms with Gasteiger partial charge in [0.25, 0.3) is 10.0 Å². The second-order valence-corrected chi connectivity index (χ2v) is 11.8. The average molecular weight is 593 g/mol. The van der Waals surface area contributed by atoms with E-state index >= 15 is 0 Å². The minimum atomic E-state index is -4.17. The standard InChI is InChI=1S/C28H31Cl2N3O5S/c1-19(2)31-28(35)20(3)32(17-21-13-14-25(29)26(30)15-21)27(34)18-33(22-9-8-10-23(16-22)38-4)39(36,37)24-11-6-5-7-12-24/h5-16,19-20H,17-18H2,1-4H3,(H,31,35). The van der Waals surface area contributed by atoms with Crippen LogP contribution in [0.15, 0.2) is 77.7 Å². The average Bonchev–Trinajstić information content (AvgIpc) is 2.91. The highest BCUT2D eigenvalue weighted by Crippen LogP contribution is 2.28. The maximum absolute atomic E-state index is 13.9. The Bertz CT molecular complexity index is 1420. The number of benzene rings is 3. The fourth-order valence-corrected chi connectivity index (χ4v) is 5.58. The number of anilines is 1. The van der Waals surface area contributed by atoms with E-state index in [0.29, 0.717) is 21.4 Å². The molecule has 3 aromatic rings. The van der Waals surface area contributed by atoms with Gasteiger partial charge in [0.2, 0.25) is 11.8 Å². The van der Waals surface area contributed by atoms with Gasteiger partial charge < -0.3 is 15.0 Å². The van der Waals surface area contributed by atoms with E-state index in [9.17, 15) is 18.0 Å². The summed E-state index contributed by atoms with van der Waals surface area (Å²) in [5.74, 6) is -0.544. The number of carbonyl (C=O) groups excluding carboxylic acids is 2. The molecule has 0 saturated carbocycles. The largest absolute Gasteiger partial charge is 0.497 e. The maximum atomic E-state index is 13.9. The second-order valence-electron chi connectivity index (χ2n) is 9.14. The molecule has 1 N–H and O–H groups in total. The van der Waals surface area contributed by atoms with Crippen LogP contribution in [0.4, 0.5) is 5.69 Å². The van der Waals surface area contributed by atoms with E-state index in [1.54, 1.807) is 61.5 Å². The van der Waals surface area contributed by atoms with Crippen molar-refractivity contribution in [1.82, 2.24) is 10.2 Å². The van der Waals surface area contributed by atoms with E-state index in [1.807, 2.05) is 13.8 Å². The number of nitrogens with zero attached hydrogens (tertiary/aromatic N) is 2. The number of ether oxygens (including phenoxy) is 1. The van der Waals surface area contributed by atoms with Crippen molar-refractivity contribution in [3.63, 3.8) is 0 Å². The Balaban J connectivity index is 2.05. The summed E-state index contributed by atoms with van der Waals surface area (Å²) < 4.78 is 33.9. The van der Waals surface area contributed by atoms with Gasteiger partial charge >= 0.3 is 0 Å². The topological polar surface area (TPSA) is 96.0 Å². The van der Waals surface area contributed by atoms with Crippen LogP contribution in [0, 0.1) is 0 Å². The molecule has 11 heteroatoms. The van der Waals surface area contributed by atoms with Crippen LogP contribution in [0.3, 0.4) is 0 Å². The van der Waals surface area contributed by atoms with Gasteiger partial charge in [-0.2, -0.15) is 0 Å². The van der Waals surface area contributed by atoms with Gasteiger partial charge in [0.1, 0.15) is 18.3 Å². The van der Waals surface area contributed by atoms with Gasteiger partial charge in [-0.05, 0) is 62.7 Å². The van der Waals surface area contributed by atoms with Crippen molar-refractivity contribution in [3.05, 3.63) is 88.4 Å². The van der Waals surface area contributed by atoms with Crippen LogP contribution in [0.2, 0.25) is 10.0 Å². The van der Waals surface area contributed by atoms with Gasteiger partial charge in [-0.3, -0.25) is 13.9 Å². The highest BCUT2D eigenvalue weighted by Gasteiger charge is 2.32. The molecule has 1 atom stereocenters. The molecule has 3 aromatic carbocycles. The normalized spacial score (nSPS) is 12.1. The molecule has 2 amide bonds. The first-order valence-corrected chi connectivity index (χ1v) is 14.4. The maximum Gasteiger partial charge on any atom is 0.264 e. The first kappa shape index (κ1) is 30.3. The Hall–Kier alpha value is -3.27. The van der Waals surface area contributed by atoms with E-state index < -0.39 is 28.5 Å². The lowest BCUT2D eigenvalue weighted by Gasteiger charge is -2.32. The van der Waals surface area contributed by atoms with Crippen LogP contribution < -0.4 is 14.4 Å². The SMILES string of the molecule is COc1cccc(N(CC(=O)N(Cc2ccc(Cl)c(Cl)c2)C(C)C(=O)NC(C)C)S(=O)(=O)c2ccccc2)c1. The van der Waals surface area contributed by atoms with Crippen molar-refractivity contribution in [2.24, 2.45) is 0 Å². The minimum Gasteiger partial charge on any atom is -0.497 e.